The molecular weight excluding hydrogens is 306 g/mol. The summed E-state index contributed by atoms with van der Waals surface area (Å²) < 4.78 is 0. The van der Waals surface area contributed by atoms with Crippen LogP contribution in [-0.4, -0.2) is 50.8 Å². The first-order valence-corrected chi connectivity index (χ1v) is 8.30. The maximum Gasteiger partial charge on any atom is 0.235 e. The molecule has 24 heavy (non-hydrogen) atoms. The van der Waals surface area contributed by atoms with E-state index in [9.17, 15) is 9.59 Å². The molecule has 0 radical (unpaired) electrons. The maximum atomic E-state index is 12.0. The van der Waals surface area contributed by atoms with Gasteiger partial charge in [0.1, 0.15) is 0 Å². The molecule has 128 valence electrons. The minimum Gasteiger partial charge on any atom is -0.388 e. The Bertz CT molecular complexity index is 667. The Kier molecular flexibility index (Phi) is 4.80. The fourth-order valence-corrected chi connectivity index (χ4v) is 3.25. The van der Waals surface area contributed by atoms with E-state index in [1.165, 1.54) is 0 Å². The Labute approximate surface area is 141 Å². The Morgan fingerprint density at radius 1 is 1.29 bits per heavy atom. The van der Waals surface area contributed by atoms with Crippen LogP contribution in [0.2, 0.25) is 0 Å². The normalized spacial score (nSPS) is 21.4. The molecule has 1 aromatic rings. The number of benzene rings is 1. The molecular formula is C17H23N5O2. The number of anilines is 2. The van der Waals surface area contributed by atoms with Gasteiger partial charge in [0.15, 0.2) is 0 Å². The van der Waals surface area contributed by atoms with Crippen molar-refractivity contribution < 1.29 is 9.59 Å². The fraction of sp³-hybridized carbons (Fsp3) is 0.471. The van der Waals surface area contributed by atoms with Gasteiger partial charge in [-0.05, 0) is 24.6 Å². The van der Waals surface area contributed by atoms with Crippen molar-refractivity contribution in [3.63, 3.8) is 0 Å². The van der Waals surface area contributed by atoms with Crippen LogP contribution in [0.4, 0.5) is 11.4 Å². The number of rotatable bonds is 4. The number of hydrogen-bond acceptors (Lipinski definition) is 6. The standard InChI is InChI=1S/C17H23N5O2/c1-19-14-10-11(22-8-6-20-7-9-22)2-3-12(14)16(18)13-4-5-15(23)21-17(13)24/h2-3,10,13,18-20H,4-9H2,1H3,(H,21,23,24). The Morgan fingerprint density at radius 2 is 2.04 bits per heavy atom. The molecule has 0 saturated carbocycles. The number of nitrogens with one attached hydrogen (secondary N) is 4. The van der Waals surface area contributed by atoms with Crippen LogP contribution < -0.4 is 20.9 Å². The molecule has 2 amide bonds. The van der Waals surface area contributed by atoms with Crippen LogP contribution in [0.3, 0.4) is 0 Å². The Hall–Kier alpha value is -2.41. The van der Waals surface area contributed by atoms with E-state index >= 15 is 0 Å². The van der Waals surface area contributed by atoms with Crippen molar-refractivity contribution in [2.75, 3.05) is 43.4 Å². The minimum absolute atomic E-state index is 0.257. The molecule has 2 saturated heterocycles. The molecule has 1 atom stereocenters. The predicted molar refractivity (Wildman–Crippen MR) is 93.8 cm³/mol. The summed E-state index contributed by atoms with van der Waals surface area (Å²) in [4.78, 5) is 25.6. The highest BCUT2D eigenvalue weighted by atomic mass is 16.2. The van der Waals surface area contributed by atoms with Crippen molar-refractivity contribution >= 4 is 28.9 Å². The van der Waals surface area contributed by atoms with Crippen molar-refractivity contribution in [2.24, 2.45) is 5.92 Å². The number of piperazine rings is 1. The van der Waals surface area contributed by atoms with E-state index in [-0.39, 0.29) is 23.9 Å². The summed E-state index contributed by atoms with van der Waals surface area (Å²) in [5, 5.41) is 17.2. The lowest BCUT2D eigenvalue weighted by atomic mass is 9.88. The molecule has 1 aromatic carbocycles. The van der Waals surface area contributed by atoms with Gasteiger partial charge >= 0.3 is 0 Å². The third-order valence-corrected chi connectivity index (χ3v) is 4.63. The van der Waals surface area contributed by atoms with E-state index in [2.05, 4.69) is 20.9 Å². The van der Waals surface area contributed by atoms with Gasteiger partial charge < -0.3 is 20.9 Å². The number of carbonyl (C=O) groups is 2. The number of amides is 2. The number of hydrogen-bond donors (Lipinski definition) is 4. The van der Waals surface area contributed by atoms with Crippen molar-refractivity contribution in [2.45, 2.75) is 12.8 Å². The highest BCUT2D eigenvalue weighted by molar-refractivity contribution is 6.17. The highest BCUT2D eigenvalue weighted by Gasteiger charge is 2.31. The number of piperidine rings is 1. The smallest absolute Gasteiger partial charge is 0.235 e. The molecule has 7 heteroatoms. The lowest BCUT2D eigenvalue weighted by Gasteiger charge is -2.30. The molecule has 0 aromatic heterocycles. The summed E-state index contributed by atoms with van der Waals surface area (Å²) in [5.74, 6) is -1.20. The summed E-state index contributed by atoms with van der Waals surface area (Å²) >= 11 is 0. The average Bonchev–Trinajstić information content (AvgIpc) is 2.61. The lowest BCUT2D eigenvalue weighted by Crippen LogP contribution is -2.44. The summed E-state index contributed by atoms with van der Waals surface area (Å²) in [7, 11) is 1.82. The zero-order valence-corrected chi connectivity index (χ0v) is 13.8. The second-order valence-electron chi connectivity index (χ2n) is 6.13. The van der Waals surface area contributed by atoms with E-state index in [0.717, 1.165) is 37.6 Å². The van der Waals surface area contributed by atoms with E-state index in [1.807, 2.05) is 25.2 Å². The second-order valence-corrected chi connectivity index (χ2v) is 6.13. The number of carbonyl (C=O) groups excluding carboxylic acids is 2. The fourth-order valence-electron chi connectivity index (χ4n) is 3.25. The third-order valence-electron chi connectivity index (χ3n) is 4.63. The molecule has 4 N–H and O–H groups in total. The van der Waals surface area contributed by atoms with Gasteiger partial charge in [0.25, 0.3) is 0 Å². The van der Waals surface area contributed by atoms with Crippen LogP contribution >= 0.6 is 0 Å². The molecule has 2 aliphatic heterocycles. The first-order chi connectivity index (χ1) is 11.6. The molecule has 2 fully saturated rings. The Balaban J connectivity index is 1.83. The van der Waals surface area contributed by atoms with Gasteiger partial charge in [-0.1, -0.05) is 0 Å². The Morgan fingerprint density at radius 3 is 2.71 bits per heavy atom. The van der Waals surface area contributed by atoms with E-state index in [0.29, 0.717) is 12.0 Å². The molecule has 0 spiro atoms. The average molecular weight is 329 g/mol. The van der Waals surface area contributed by atoms with Crippen LogP contribution in [0.15, 0.2) is 18.2 Å². The van der Waals surface area contributed by atoms with Gasteiger partial charge in [-0.15, -0.1) is 0 Å². The predicted octanol–water partition coefficient (Wildman–Crippen LogP) is 0.559. The van der Waals surface area contributed by atoms with Crippen LogP contribution in [0, 0.1) is 11.3 Å². The van der Waals surface area contributed by atoms with Gasteiger partial charge in [0.2, 0.25) is 11.8 Å². The SMILES string of the molecule is CNc1cc(N2CCNCC2)ccc1C(=N)C1CCC(=O)NC1=O. The molecule has 7 nitrogen and oxygen atoms in total. The number of imide groups is 1. The van der Waals surface area contributed by atoms with Crippen LogP contribution in [-0.2, 0) is 9.59 Å². The summed E-state index contributed by atoms with van der Waals surface area (Å²) in [6, 6.07) is 5.93. The molecule has 3 rings (SSSR count). The van der Waals surface area contributed by atoms with Gasteiger partial charge in [-0.3, -0.25) is 14.9 Å². The minimum atomic E-state index is -0.570. The summed E-state index contributed by atoms with van der Waals surface area (Å²) in [6.07, 6.45) is 0.679. The van der Waals surface area contributed by atoms with Gasteiger partial charge in [0.05, 0.1) is 11.6 Å². The summed E-state index contributed by atoms with van der Waals surface area (Å²) in [6.45, 7) is 3.83. The monoisotopic (exact) mass is 329 g/mol. The van der Waals surface area contributed by atoms with Crippen LogP contribution in [0.5, 0.6) is 0 Å². The lowest BCUT2D eigenvalue weighted by molar-refractivity contribution is -0.134. The van der Waals surface area contributed by atoms with Gasteiger partial charge in [-0.2, -0.15) is 0 Å². The van der Waals surface area contributed by atoms with E-state index in [4.69, 9.17) is 5.41 Å². The maximum absolute atomic E-state index is 12.0. The number of nitrogens with zero attached hydrogens (tertiary/aromatic N) is 1. The molecule has 0 bridgehead atoms. The topological polar surface area (TPSA) is 97.3 Å². The van der Waals surface area contributed by atoms with Gasteiger partial charge in [-0.25, -0.2) is 0 Å². The third kappa shape index (κ3) is 3.26. The van der Waals surface area contributed by atoms with E-state index in [1.54, 1.807) is 0 Å². The van der Waals surface area contributed by atoms with Crippen molar-refractivity contribution in [3.8, 4) is 0 Å². The van der Waals surface area contributed by atoms with Crippen molar-refractivity contribution in [3.05, 3.63) is 23.8 Å². The molecule has 0 aliphatic carbocycles. The largest absolute Gasteiger partial charge is 0.388 e. The quantitative estimate of drug-likeness (QED) is 0.478. The first kappa shape index (κ1) is 16.4. The van der Waals surface area contributed by atoms with E-state index < -0.39 is 5.92 Å². The van der Waals surface area contributed by atoms with Crippen LogP contribution in [0.1, 0.15) is 18.4 Å². The molecule has 2 aliphatic rings. The first-order valence-electron chi connectivity index (χ1n) is 8.30. The zero-order valence-electron chi connectivity index (χ0n) is 13.8. The zero-order chi connectivity index (χ0) is 17.1. The van der Waals surface area contributed by atoms with Gasteiger partial charge in [0, 0.05) is 56.6 Å². The van der Waals surface area contributed by atoms with Crippen molar-refractivity contribution in [1.29, 1.82) is 5.41 Å². The van der Waals surface area contributed by atoms with Crippen molar-refractivity contribution in [1.82, 2.24) is 10.6 Å². The molecule has 1 unspecified atom stereocenters. The molecule has 2 heterocycles. The second kappa shape index (κ2) is 7.00. The van der Waals surface area contributed by atoms with Crippen LogP contribution in [0.25, 0.3) is 0 Å². The summed E-state index contributed by atoms with van der Waals surface area (Å²) in [5.41, 5.74) is 2.92. The highest BCUT2D eigenvalue weighted by Crippen LogP contribution is 2.28.